The Hall–Kier alpha value is -2.46. The van der Waals surface area contributed by atoms with Gasteiger partial charge in [-0.15, -0.1) is 0 Å². The summed E-state index contributed by atoms with van der Waals surface area (Å²) < 4.78 is 5.60. The summed E-state index contributed by atoms with van der Waals surface area (Å²) in [4.78, 5) is 37.9. The number of imidazole rings is 1. The molecule has 0 aromatic carbocycles. The number of ether oxygens (including phenoxy) is 1. The summed E-state index contributed by atoms with van der Waals surface area (Å²) in [6.07, 6.45) is 1.18. The number of aromatic amines is 1. The molecule has 1 fully saturated rings. The van der Waals surface area contributed by atoms with Crippen LogP contribution in [0.1, 0.15) is 50.7 Å². The SMILES string of the molecule is CCc1nc(C(=O)N[C@@H]2CCN(c3nc(C)c(C(=O)O)s3)C[C@@H]2OC)[nH]c1C. The third kappa shape index (κ3) is 4.02. The molecule has 2 aromatic heterocycles. The lowest BCUT2D eigenvalue weighted by atomic mass is 10.0. The van der Waals surface area contributed by atoms with Crippen molar-refractivity contribution in [3.05, 3.63) is 27.8 Å². The van der Waals surface area contributed by atoms with Gasteiger partial charge in [-0.25, -0.2) is 14.8 Å². The molecule has 0 aliphatic carbocycles. The first-order valence-electron chi connectivity index (χ1n) is 9.18. The number of piperidine rings is 1. The van der Waals surface area contributed by atoms with Crippen molar-refractivity contribution < 1.29 is 19.4 Å². The first-order valence-corrected chi connectivity index (χ1v) is 10.0. The maximum atomic E-state index is 12.6. The summed E-state index contributed by atoms with van der Waals surface area (Å²) in [7, 11) is 1.61. The minimum Gasteiger partial charge on any atom is -0.477 e. The molecule has 1 amide bonds. The van der Waals surface area contributed by atoms with E-state index in [1.54, 1.807) is 14.0 Å². The van der Waals surface area contributed by atoms with Gasteiger partial charge in [0.1, 0.15) is 4.88 Å². The maximum absolute atomic E-state index is 12.6. The zero-order valence-electron chi connectivity index (χ0n) is 16.4. The zero-order valence-corrected chi connectivity index (χ0v) is 17.2. The summed E-state index contributed by atoms with van der Waals surface area (Å²) >= 11 is 1.16. The number of H-pyrrole nitrogens is 1. The van der Waals surface area contributed by atoms with Gasteiger partial charge in [-0.05, 0) is 26.7 Å². The Morgan fingerprint density at radius 2 is 2.14 bits per heavy atom. The van der Waals surface area contributed by atoms with E-state index in [1.165, 1.54) is 0 Å². The van der Waals surface area contributed by atoms with Crippen LogP contribution in [0.25, 0.3) is 0 Å². The molecule has 9 nitrogen and oxygen atoms in total. The summed E-state index contributed by atoms with van der Waals surface area (Å²) in [6, 6.07) is -0.163. The Labute approximate surface area is 167 Å². The molecule has 2 atom stereocenters. The highest BCUT2D eigenvalue weighted by Crippen LogP contribution is 2.29. The Morgan fingerprint density at radius 1 is 1.39 bits per heavy atom. The van der Waals surface area contributed by atoms with Gasteiger partial charge in [-0.1, -0.05) is 18.3 Å². The number of carboxylic acids is 1. The molecule has 10 heteroatoms. The lowest BCUT2D eigenvalue weighted by Crippen LogP contribution is -2.55. The number of aromatic carboxylic acids is 1. The Bertz CT molecular complexity index is 877. The fourth-order valence-electron chi connectivity index (χ4n) is 3.40. The van der Waals surface area contributed by atoms with Gasteiger partial charge in [-0.2, -0.15) is 0 Å². The van der Waals surface area contributed by atoms with Gasteiger partial charge in [0.15, 0.2) is 11.0 Å². The normalized spacial score (nSPS) is 19.6. The van der Waals surface area contributed by atoms with Crippen LogP contribution in [-0.4, -0.2) is 64.3 Å². The first kappa shape index (κ1) is 20.3. The number of anilines is 1. The molecule has 0 saturated carbocycles. The molecule has 1 aliphatic rings. The molecular weight excluding hydrogens is 382 g/mol. The fraction of sp³-hybridized carbons (Fsp3) is 0.556. The van der Waals surface area contributed by atoms with Crippen molar-refractivity contribution in [2.24, 2.45) is 0 Å². The minimum absolute atomic E-state index is 0.163. The fourth-order valence-corrected chi connectivity index (χ4v) is 4.34. The minimum atomic E-state index is -0.966. The molecule has 1 aliphatic heterocycles. The quantitative estimate of drug-likeness (QED) is 0.667. The Kier molecular flexibility index (Phi) is 5.99. The van der Waals surface area contributed by atoms with E-state index in [9.17, 15) is 14.7 Å². The standard InChI is InChI=1S/C18H25N5O4S/c1-5-11-9(2)19-15(21-11)16(24)22-12-6-7-23(8-13(12)27-4)18-20-10(3)14(28-18)17(25)26/h12-13H,5-8H2,1-4H3,(H,19,21)(H,22,24)(H,25,26)/t12-,13+/m1/s1. The molecule has 2 aromatic rings. The molecule has 0 bridgehead atoms. The van der Waals surface area contributed by atoms with E-state index in [0.717, 1.165) is 29.1 Å². The molecule has 152 valence electrons. The van der Waals surface area contributed by atoms with Gasteiger partial charge in [0, 0.05) is 25.9 Å². The number of nitrogens with one attached hydrogen (secondary N) is 2. The van der Waals surface area contributed by atoms with Crippen LogP contribution in [0.3, 0.4) is 0 Å². The number of carbonyl (C=O) groups is 2. The third-order valence-electron chi connectivity index (χ3n) is 4.96. The van der Waals surface area contributed by atoms with Gasteiger partial charge in [0.25, 0.3) is 5.91 Å². The van der Waals surface area contributed by atoms with Gasteiger partial charge in [0.05, 0.1) is 23.5 Å². The van der Waals surface area contributed by atoms with Crippen LogP contribution in [0.2, 0.25) is 0 Å². The van der Waals surface area contributed by atoms with Gasteiger partial charge in [0.2, 0.25) is 0 Å². The number of thiazole rings is 1. The van der Waals surface area contributed by atoms with E-state index in [1.807, 2.05) is 18.7 Å². The molecule has 1 saturated heterocycles. The maximum Gasteiger partial charge on any atom is 0.347 e. The number of nitrogens with zero attached hydrogens (tertiary/aromatic N) is 3. The molecule has 3 rings (SSSR count). The Morgan fingerprint density at radius 3 is 2.71 bits per heavy atom. The number of aromatic nitrogens is 3. The second kappa shape index (κ2) is 8.27. The smallest absolute Gasteiger partial charge is 0.347 e. The second-order valence-corrected chi connectivity index (χ2v) is 7.79. The predicted molar refractivity (Wildman–Crippen MR) is 105 cm³/mol. The number of hydrogen-bond acceptors (Lipinski definition) is 7. The molecule has 0 radical (unpaired) electrons. The van der Waals surface area contributed by atoms with E-state index in [4.69, 9.17) is 4.74 Å². The van der Waals surface area contributed by atoms with Crippen molar-refractivity contribution in [1.82, 2.24) is 20.3 Å². The third-order valence-corrected chi connectivity index (χ3v) is 6.17. The van der Waals surface area contributed by atoms with E-state index in [2.05, 4.69) is 20.3 Å². The molecule has 0 spiro atoms. The predicted octanol–water partition coefficient (Wildman–Crippen LogP) is 1.77. The van der Waals surface area contributed by atoms with Crippen molar-refractivity contribution in [1.29, 1.82) is 0 Å². The van der Waals surface area contributed by atoms with Crippen LogP contribution < -0.4 is 10.2 Å². The summed E-state index contributed by atoms with van der Waals surface area (Å²) in [5, 5.41) is 12.9. The van der Waals surface area contributed by atoms with E-state index < -0.39 is 5.97 Å². The monoisotopic (exact) mass is 407 g/mol. The van der Waals surface area contributed by atoms with Crippen molar-refractivity contribution in [2.45, 2.75) is 45.8 Å². The van der Waals surface area contributed by atoms with E-state index >= 15 is 0 Å². The van der Waals surface area contributed by atoms with Crippen LogP contribution in [0, 0.1) is 13.8 Å². The summed E-state index contributed by atoms with van der Waals surface area (Å²) in [5.41, 5.74) is 2.30. The molecular formula is C18H25N5O4S. The highest BCUT2D eigenvalue weighted by molar-refractivity contribution is 7.17. The lowest BCUT2D eigenvalue weighted by molar-refractivity contribution is 0.0538. The van der Waals surface area contributed by atoms with Crippen molar-refractivity contribution in [3.8, 4) is 0 Å². The van der Waals surface area contributed by atoms with Crippen molar-refractivity contribution >= 4 is 28.3 Å². The topological polar surface area (TPSA) is 120 Å². The molecule has 3 N–H and O–H groups in total. The van der Waals surface area contributed by atoms with Crippen LogP contribution in [0.5, 0.6) is 0 Å². The molecule has 0 unspecified atom stereocenters. The average molecular weight is 407 g/mol. The van der Waals surface area contributed by atoms with Crippen LogP contribution in [0.4, 0.5) is 5.13 Å². The number of amides is 1. The molecule has 3 heterocycles. The van der Waals surface area contributed by atoms with Crippen molar-refractivity contribution in [2.75, 3.05) is 25.1 Å². The van der Waals surface area contributed by atoms with Crippen LogP contribution in [-0.2, 0) is 11.2 Å². The highest BCUT2D eigenvalue weighted by atomic mass is 32.1. The summed E-state index contributed by atoms with van der Waals surface area (Å²) in [5.74, 6) is -0.901. The van der Waals surface area contributed by atoms with E-state index in [-0.39, 0.29) is 22.9 Å². The van der Waals surface area contributed by atoms with Crippen molar-refractivity contribution in [3.63, 3.8) is 0 Å². The van der Waals surface area contributed by atoms with Crippen LogP contribution in [0.15, 0.2) is 0 Å². The van der Waals surface area contributed by atoms with E-state index in [0.29, 0.717) is 36.2 Å². The number of carboxylic acid groups (broad SMARTS) is 1. The zero-order chi connectivity index (χ0) is 20.4. The van der Waals surface area contributed by atoms with Gasteiger partial charge >= 0.3 is 5.97 Å². The second-order valence-electron chi connectivity index (χ2n) is 6.82. The first-order chi connectivity index (χ1) is 13.3. The number of carbonyl (C=O) groups excluding carboxylic acids is 1. The Balaban J connectivity index is 1.68. The largest absolute Gasteiger partial charge is 0.477 e. The molecule has 28 heavy (non-hydrogen) atoms. The van der Waals surface area contributed by atoms with Gasteiger partial charge < -0.3 is 25.0 Å². The highest BCUT2D eigenvalue weighted by Gasteiger charge is 2.33. The lowest BCUT2D eigenvalue weighted by Gasteiger charge is -2.37. The number of methoxy groups -OCH3 is 1. The summed E-state index contributed by atoms with van der Waals surface area (Å²) in [6.45, 7) is 6.76. The number of hydrogen-bond donors (Lipinski definition) is 3. The van der Waals surface area contributed by atoms with Gasteiger partial charge in [-0.3, -0.25) is 4.79 Å². The number of aryl methyl sites for hydroxylation is 3. The number of rotatable bonds is 6. The van der Waals surface area contributed by atoms with Crippen LogP contribution >= 0.6 is 11.3 Å². The average Bonchev–Trinajstić information content (AvgIpc) is 3.24.